The normalized spacial score (nSPS) is 18.9. The highest BCUT2D eigenvalue weighted by molar-refractivity contribution is 6.25. The molecule has 25 nitrogen and oxygen atoms in total. The van der Waals surface area contributed by atoms with Crippen LogP contribution < -0.4 is 45.2 Å². The summed E-state index contributed by atoms with van der Waals surface area (Å²) in [6.45, 7) is 2.81. The number of imide groups is 1. The Morgan fingerprint density at radius 3 is 2.18 bits per heavy atom. The van der Waals surface area contributed by atoms with E-state index in [0.29, 0.717) is 40.2 Å². The largest absolute Gasteiger partial charge is 0.497 e. The molecule has 0 spiro atoms. The van der Waals surface area contributed by atoms with Gasteiger partial charge in [0.2, 0.25) is 18.1 Å². The summed E-state index contributed by atoms with van der Waals surface area (Å²) in [4.78, 5) is 76.6. The van der Waals surface area contributed by atoms with Gasteiger partial charge in [0.15, 0.2) is 11.7 Å². The molecule has 5 amide bonds. The summed E-state index contributed by atoms with van der Waals surface area (Å²) in [6, 6.07) is 12.7. The number of methoxy groups -OCH3 is 2. The van der Waals surface area contributed by atoms with Crippen LogP contribution in [0, 0.1) is 11.3 Å². The molecule has 0 bridgehead atoms. The molecule has 0 unspecified atom stereocenters. The van der Waals surface area contributed by atoms with Crippen molar-refractivity contribution < 1.29 is 91.7 Å². The van der Waals surface area contributed by atoms with Gasteiger partial charge < -0.3 is 74.7 Å². The number of hydrogen-bond donors (Lipinski definition) is 8. The average Bonchev–Trinajstić information content (AvgIpc) is 4.13. The molecule has 2 aliphatic heterocycles. The van der Waals surface area contributed by atoms with E-state index in [4.69, 9.17) is 43.6 Å². The minimum Gasteiger partial charge on any atom is -0.497 e. The van der Waals surface area contributed by atoms with Gasteiger partial charge in [-0.1, -0.05) is 6.07 Å². The maximum Gasteiger partial charge on any atom is 0.335 e. The zero-order valence-corrected chi connectivity index (χ0v) is 40.3. The molecule has 3 aromatic rings. The van der Waals surface area contributed by atoms with Crippen molar-refractivity contribution in [3.05, 3.63) is 70.3 Å². The molecule has 1 aliphatic carbocycles. The Kier molecular flexibility index (Phi) is 19.4. The first-order chi connectivity index (χ1) is 35.1. The van der Waals surface area contributed by atoms with Crippen molar-refractivity contribution >= 4 is 52.7 Å². The molecular formula is C48H58N7O18+. The first-order valence-corrected chi connectivity index (χ1v) is 23.1. The maximum atomic E-state index is 13.7. The number of carboxylic acids is 1. The molecule has 5 atom stereocenters. The van der Waals surface area contributed by atoms with Gasteiger partial charge in [-0.15, -0.1) is 0 Å². The number of carbonyl (C=O) groups is 6. The SMILES string of the molecule is CCOc1c(C#N)c(N)cc(NC(=O)Cc2cc(OC)ccc2OC)[n+]1Cc1ccc(O[C@@H]2O[C@H](C(=O)O)[C@@H](O)[C@H](O)[C@H]2O)c(NC(=O)CCNC(=O)CCOCCOCCOCCN2C(=O)C3=C(C3)C2=O)c1. The summed E-state index contributed by atoms with van der Waals surface area (Å²) in [5.41, 5.74) is 8.27. The smallest absolute Gasteiger partial charge is 0.335 e. The molecule has 0 saturated carbocycles. The number of aliphatic hydroxyl groups excluding tert-OH is 3. The van der Waals surface area contributed by atoms with E-state index in [1.807, 2.05) is 6.07 Å². The zero-order valence-electron chi connectivity index (χ0n) is 40.3. The van der Waals surface area contributed by atoms with Crippen molar-refractivity contribution in [1.29, 1.82) is 5.26 Å². The van der Waals surface area contributed by atoms with E-state index in [9.17, 15) is 54.5 Å². The fourth-order valence-corrected chi connectivity index (χ4v) is 7.68. The van der Waals surface area contributed by atoms with E-state index >= 15 is 0 Å². The number of nitrogens with one attached hydrogen (secondary N) is 3. The van der Waals surface area contributed by atoms with Crippen LogP contribution in [-0.4, -0.2) is 165 Å². The fraction of sp³-hybridized carbons (Fsp3) is 0.458. The van der Waals surface area contributed by atoms with Gasteiger partial charge >= 0.3 is 17.8 Å². The van der Waals surface area contributed by atoms with Crippen LogP contribution in [0.3, 0.4) is 0 Å². The Morgan fingerprint density at radius 1 is 0.836 bits per heavy atom. The number of pyridine rings is 1. The van der Waals surface area contributed by atoms with Crippen molar-refractivity contribution in [2.45, 2.75) is 69.9 Å². The Hall–Kier alpha value is -7.44. The second-order valence-electron chi connectivity index (χ2n) is 16.5. The molecule has 1 saturated heterocycles. The van der Waals surface area contributed by atoms with E-state index in [1.54, 1.807) is 25.1 Å². The van der Waals surface area contributed by atoms with Crippen molar-refractivity contribution in [3.63, 3.8) is 0 Å². The Balaban J connectivity index is 1.08. The number of rotatable bonds is 28. The van der Waals surface area contributed by atoms with Crippen LogP contribution in [0.2, 0.25) is 0 Å². The lowest BCUT2D eigenvalue weighted by atomic mass is 9.99. The number of anilines is 3. The van der Waals surface area contributed by atoms with Gasteiger partial charge in [-0.3, -0.25) is 24.1 Å². The molecular weight excluding hydrogens is 963 g/mol. The van der Waals surface area contributed by atoms with Gasteiger partial charge in [-0.05, 0) is 42.8 Å². The summed E-state index contributed by atoms with van der Waals surface area (Å²) >= 11 is 0. The standard InChI is InChI=1S/C48H57N7O18/c1-4-71-46-31(24-49)32(50)23-36(53-39(58)21-27-20-28(66-2)6-8-34(27)67-3)55(46)25-26-5-7-35(72-48-42(61)40(59)41(60)43(73-48)47(64)65)33(19-26)52-38(57)9-11-51-37(56)10-13-68-15-17-70-18-16-69-14-12-54-44(62)29-22-30(29)45(54)63/h5-8,19-20,23,40-43,48,59-61H,4,9-18,21-22,25H2,1-3H3,(H5,50,51,52,53,56,57,58,64,65)/p+1/t40-,41-,42+,43-,48+/m0/s1. The fourth-order valence-electron chi connectivity index (χ4n) is 7.68. The monoisotopic (exact) mass is 1020 g/mol. The molecule has 6 rings (SSSR count). The summed E-state index contributed by atoms with van der Waals surface area (Å²) in [5, 5.41) is 59.3. The summed E-state index contributed by atoms with van der Waals surface area (Å²) in [6.07, 6.45) is -9.78. The number of nitrogen functional groups attached to an aromatic ring is 1. The molecule has 1 fully saturated rings. The average molecular weight is 1020 g/mol. The number of nitrogens with two attached hydrogens (primary N) is 1. The van der Waals surface area contributed by atoms with Gasteiger partial charge in [0.25, 0.3) is 17.6 Å². The highest BCUT2D eigenvalue weighted by Gasteiger charge is 2.49. The lowest BCUT2D eigenvalue weighted by molar-refractivity contribution is -0.679. The minimum absolute atomic E-state index is 0.00433. The predicted octanol–water partition coefficient (Wildman–Crippen LogP) is -0.702. The molecule has 392 valence electrons. The highest BCUT2D eigenvalue weighted by atomic mass is 16.7. The van der Waals surface area contributed by atoms with Crippen molar-refractivity contribution in [2.75, 3.05) is 89.9 Å². The number of aliphatic carboxylic acids is 1. The van der Waals surface area contributed by atoms with Gasteiger partial charge in [0, 0.05) is 42.5 Å². The van der Waals surface area contributed by atoms with Crippen LogP contribution >= 0.6 is 0 Å². The molecule has 73 heavy (non-hydrogen) atoms. The van der Waals surface area contributed by atoms with Crippen LogP contribution in [0.15, 0.2) is 53.6 Å². The van der Waals surface area contributed by atoms with Crippen LogP contribution in [0.4, 0.5) is 17.2 Å². The number of hydrogen-bond acceptors (Lipinski definition) is 19. The number of aliphatic hydroxyl groups is 3. The van der Waals surface area contributed by atoms with Crippen LogP contribution in [0.5, 0.6) is 23.1 Å². The molecule has 25 heteroatoms. The molecule has 0 radical (unpaired) electrons. The third-order valence-corrected chi connectivity index (χ3v) is 11.5. The molecule has 2 aromatic carbocycles. The number of piperidine rings is 1. The van der Waals surface area contributed by atoms with E-state index in [2.05, 4.69) is 16.0 Å². The summed E-state index contributed by atoms with van der Waals surface area (Å²) in [5.74, 6) is -2.87. The predicted molar refractivity (Wildman–Crippen MR) is 251 cm³/mol. The number of carboxylic acid groups (broad SMARTS) is 1. The topological polar surface area (TPSA) is 350 Å². The van der Waals surface area contributed by atoms with Gasteiger partial charge in [0.1, 0.15) is 48.2 Å². The van der Waals surface area contributed by atoms with E-state index < -0.39 is 54.4 Å². The zero-order chi connectivity index (χ0) is 52.8. The number of amides is 5. The third kappa shape index (κ3) is 14.2. The number of ether oxygens (including phenoxy) is 8. The van der Waals surface area contributed by atoms with Crippen LogP contribution in [0.25, 0.3) is 0 Å². The van der Waals surface area contributed by atoms with E-state index in [0.717, 1.165) is 0 Å². The van der Waals surface area contributed by atoms with Crippen molar-refractivity contribution in [2.24, 2.45) is 0 Å². The Bertz CT molecular complexity index is 2600. The number of likely N-dealkylation sites (tertiary alicyclic amines) is 1. The maximum absolute atomic E-state index is 13.7. The number of nitrogens with zero attached hydrogens (tertiary/aromatic N) is 3. The number of nitriles is 1. The van der Waals surface area contributed by atoms with E-state index in [1.165, 1.54) is 48.0 Å². The summed E-state index contributed by atoms with van der Waals surface area (Å²) in [7, 11) is 2.94. The van der Waals surface area contributed by atoms with Gasteiger partial charge in [-0.2, -0.15) is 9.83 Å². The lowest BCUT2D eigenvalue weighted by Crippen LogP contribution is -2.61. The van der Waals surface area contributed by atoms with Crippen LogP contribution in [-0.2, 0) is 60.7 Å². The van der Waals surface area contributed by atoms with E-state index in [-0.39, 0.29) is 131 Å². The Labute approximate surface area is 418 Å². The Morgan fingerprint density at radius 2 is 1.52 bits per heavy atom. The van der Waals surface area contributed by atoms with Crippen molar-refractivity contribution in [1.82, 2.24) is 10.2 Å². The lowest BCUT2D eigenvalue weighted by Gasteiger charge is -2.38. The molecule has 1 aromatic heterocycles. The number of aromatic nitrogens is 1. The van der Waals surface area contributed by atoms with Crippen LogP contribution in [0.1, 0.15) is 42.9 Å². The minimum atomic E-state index is -2.01. The van der Waals surface area contributed by atoms with Gasteiger partial charge in [-0.25, -0.2) is 14.9 Å². The molecule has 9 N–H and O–H groups in total. The summed E-state index contributed by atoms with van der Waals surface area (Å²) < 4.78 is 45.7. The van der Waals surface area contributed by atoms with Crippen molar-refractivity contribution in [3.8, 4) is 29.2 Å². The first-order valence-electron chi connectivity index (χ1n) is 23.1. The quantitative estimate of drug-likeness (QED) is 0.0253. The number of carbonyl (C=O) groups excluding carboxylic acids is 5. The highest BCUT2D eigenvalue weighted by Crippen LogP contribution is 2.40. The molecule has 3 aliphatic rings. The second-order valence-corrected chi connectivity index (χ2v) is 16.5. The second kappa shape index (κ2) is 25.8. The number of benzene rings is 2. The molecule has 3 heterocycles. The van der Waals surface area contributed by atoms with Gasteiger partial charge in [0.05, 0.1) is 90.9 Å². The third-order valence-electron chi connectivity index (χ3n) is 11.5. The first kappa shape index (κ1) is 54.9.